The summed E-state index contributed by atoms with van der Waals surface area (Å²) in [5.74, 6) is -0.166. The summed E-state index contributed by atoms with van der Waals surface area (Å²) >= 11 is 0. The fourth-order valence-electron chi connectivity index (χ4n) is 1.66. The molecule has 0 aliphatic carbocycles. The van der Waals surface area contributed by atoms with E-state index in [1.165, 1.54) is 6.26 Å². The van der Waals surface area contributed by atoms with Crippen molar-refractivity contribution in [3.63, 3.8) is 0 Å². The monoisotopic (exact) mass is 285 g/mol. The lowest BCUT2D eigenvalue weighted by Crippen LogP contribution is -2.13. The highest BCUT2D eigenvalue weighted by molar-refractivity contribution is 7.53. The Morgan fingerprint density at radius 3 is 2.26 bits per heavy atom. The third-order valence-electron chi connectivity index (χ3n) is 2.19. The molecule has 0 spiro atoms. The molecule has 6 heteroatoms. The van der Waals surface area contributed by atoms with Crippen LogP contribution in [0, 0.1) is 11.3 Å². The van der Waals surface area contributed by atoms with Crippen LogP contribution in [0.1, 0.15) is 39.4 Å². The molecule has 1 unspecified atom stereocenters. The van der Waals surface area contributed by atoms with Crippen LogP contribution in [0.2, 0.25) is 0 Å². The van der Waals surface area contributed by atoms with E-state index in [2.05, 4.69) is 6.07 Å². The van der Waals surface area contributed by atoms with Gasteiger partial charge in [-0.05, 0) is 39.8 Å². The summed E-state index contributed by atoms with van der Waals surface area (Å²) in [6.45, 7) is 7.13. The van der Waals surface area contributed by atoms with Gasteiger partial charge in [0.2, 0.25) is 0 Å². The molecule has 5 nitrogen and oxygen atoms in total. The Morgan fingerprint density at radius 2 is 1.89 bits per heavy atom. The summed E-state index contributed by atoms with van der Waals surface area (Å²) in [5.41, 5.74) is 0. The quantitative estimate of drug-likeness (QED) is 0.710. The molecule has 0 saturated carbocycles. The van der Waals surface area contributed by atoms with E-state index in [4.69, 9.17) is 13.5 Å². The van der Waals surface area contributed by atoms with Gasteiger partial charge in [0.1, 0.15) is 11.7 Å². The maximum absolute atomic E-state index is 12.7. The van der Waals surface area contributed by atoms with Gasteiger partial charge < -0.3 is 13.5 Å². The van der Waals surface area contributed by atoms with Crippen LogP contribution in [0.3, 0.4) is 0 Å². The van der Waals surface area contributed by atoms with Gasteiger partial charge in [0, 0.05) is 0 Å². The van der Waals surface area contributed by atoms with Crippen molar-refractivity contribution in [3.8, 4) is 6.07 Å². The van der Waals surface area contributed by atoms with Gasteiger partial charge >= 0.3 is 7.60 Å². The smallest absolute Gasteiger partial charge is 0.332 e. The van der Waals surface area contributed by atoms with Gasteiger partial charge in [0.25, 0.3) is 0 Å². The minimum atomic E-state index is -3.33. The Kier molecular flexibility index (Phi) is 5.81. The maximum Gasteiger partial charge on any atom is 0.332 e. The second-order valence-electron chi connectivity index (χ2n) is 4.80. The Labute approximate surface area is 114 Å². The van der Waals surface area contributed by atoms with Crippen molar-refractivity contribution in [2.75, 3.05) is 6.16 Å². The summed E-state index contributed by atoms with van der Waals surface area (Å²) < 4.78 is 28.7. The number of furan rings is 1. The van der Waals surface area contributed by atoms with E-state index in [1.54, 1.807) is 39.8 Å². The lowest BCUT2D eigenvalue weighted by Gasteiger charge is -2.23. The van der Waals surface area contributed by atoms with Crippen LogP contribution >= 0.6 is 7.60 Å². The van der Waals surface area contributed by atoms with Crippen LogP contribution < -0.4 is 0 Å². The van der Waals surface area contributed by atoms with E-state index in [0.29, 0.717) is 5.76 Å². The Hall–Kier alpha value is -1.08. The molecule has 1 aromatic rings. The van der Waals surface area contributed by atoms with Crippen molar-refractivity contribution in [3.05, 3.63) is 24.2 Å². The van der Waals surface area contributed by atoms with E-state index >= 15 is 0 Å². The standard InChI is InChI=1S/C13H20NO4P/c1-10(2)17-19(15,18-11(3)4)9-12(8-14)13-6-5-7-16-13/h5-7,10-12H,9H2,1-4H3. The van der Waals surface area contributed by atoms with Crippen molar-refractivity contribution >= 4 is 7.60 Å². The topological polar surface area (TPSA) is 72.5 Å². The average molecular weight is 285 g/mol. The predicted molar refractivity (Wildman–Crippen MR) is 72.0 cm³/mol. The zero-order valence-corrected chi connectivity index (χ0v) is 12.6. The molecule has 106 valence electrons. The van der Waals surface area contributed by atoms with Crippen molar-refractivity contribution in [2.45, 2.75) is 45.8 Å². The molecule has 1 heterocycles. The predicted octanol–water partition coefficient (Wildman–Crippen LogP) is 3.93. The van der Waals surface area contributed by atoms with Crippen molar-refractivity contribution in [1.82, 2.24) is 0 Å². The fraction of sp³-hybridized carbons (Fsp3) is 0.615. The van der Waals surface area contributed by atoms with Crippen LogP contribution in [0.5, 0.6) is 0 Å². The first-order valence-electron chi connectivity index (χ1n) is 6.25. The molecular weight excluding hydrogens is 265 g/mol. The van der Waals surface area contributed by atoms with E-state index in [1.807, 2.05) is 0 Å². The van der Waals surface area contributed by atoms with E-state index in [9.17, 15) is 9.83 Å². The first-order valence-corrected chi connectivity index (χ1v) is 7.98. The molecular formula is C13H20NO4P. The number of hydrogen-bond donors (Lipinski definition) is 0. The highest BCUT2D eigenvalue weighted by Gasteiger charge is 2.33. The molecule has 0 fully saturated rings. The highest BCUT2D eigenvalue weighted by atomic mass is 31.2. The summed E-state index contributed by atoms with van der Waals surface area (Å²) in [5, 5.41) is 9.19. The third-order valence-corrected chi connectivity index (χ3v) is 4.49. The lowest BCUT2D eigenvalue weighted by molar-refractivity contribution is 0.142. The number of nitrogens with zero attached hydrogens (tertiary/aromatic N) is 1. The third kappa shape index (κ3) is 5.20. The summed E-state index contributed by atoms with van der Waals surface area (Å²) in [4.78, 5) is 0. The van der Waals surface area contributed by atoms with Crippen LogP contribution in [0.4, 0.5) is 0 Å². The Bertz CT molecular complexity index is 447. The fourth-order valence-corrected chi connectivity index (χ4v) is 3.88. The summed E-state index contributed by atoms with van der Waals surface area (Å²) in [6, 6.07) is 5.46. The van der Waals surface area contributed by atoms with Crippen molar-refractivity contribution in [1.29, 1.82) is 5.26 Å². The normalized spacial score (nSPS) is 13.7. The second-order valence-corrected chi connectivity index (χ2v) is 6.81. The van der Waals surface area contributed by atoms with Gasteiger partial charge in [-0.3, -0.25) is 4.57 Å². The van der Waals surface area contributed by atoms with Crippen LogP contribution in [0.15, 0.2) is 22.8 Å². The molecule has 0 radical (unpaired) electrons. The van der Waals surface area contributed by atoms with E-state index in [-0.39, 0.29) is 18.4 Å². The first-order chi connectivity index (χ1) is 8.86. The van der Waals surface area contributed by atoms with Gasteiger partial charge in [-0.15, -0.1) is 0 Å². The lowest BCUT2D eigenvalue weighted by atomic mass is 10.1. The molecule has 0 aliphatic heterocycles. The van der Waals surface area contributed by atoms with Gasteiger partial charge in [-0.25, -0.2) is 0 Å². The number of hydrogen-bond acceptors (Lipinski definition) is 5. The molecule has 1 rings (SSSR count). The molecule has 0 amide bonds. The number of rotatable bonds is 7. The van der Waals surface area contributed by atoms with Crippen molar-refractivity contribution in [2.24, 2.45) is 0 Å². The van der Waals surface area contributed by atoms with Crippen LogP contribution in [0.25, 0.3) is 0 Å². The molecule has 0 aliphatic rings. The molecule has 0 bridgehead atoms. The molecule has 0 aromatic carbocycles. The van der Waals surface area contributed by atoms with Crippen LogP contribution in [-0.4, -0.2) is 18.4 Å². The van der Waals surface area contributed by atoms with Gasteiger partial charge in [-0.1, -0.05) is 0 Å². The first kappa shape index (κ1) is 16.0. The number of nitriles is 1. The second kappa shape index (κ2) is 6.91. The van der Waals surface area contributed by atoms with Gasteiger partial charge in [-0.2, -0.15) is 5.26 Å². The molecule has 0 N–H and O–H groups in total. The average Bonchev–Trinajstić information content (AvgIpc) is 2.76. The molecule has 1 atom stereocenters. The largest absolute Gasteiger partial charge is 0.468 e. The minimum absolute atomic E-state index is 0.00657. The Balaban J connectivity index is 2.87. The van der Waals surface area contributed by atoms with Crippen LogP contribution in [-0.2, 0) is 13.6 Å². The zero-order valence-electron chi connectivity index (χ0n) is 11.7. The van der Waals surface area contributed by atoms with E-state index < -0.39 is 13.5 Å². The molecule has 1 aromatic heterocycles. The highest BCUT2D eigenvalue weighted by Crippen LogP contribution is 2.53. The Morgan fingerprint density at radius 1 is 1.32 bits per heavy atom. The molecule has 0 saturated heterocycles. The summed E-state index contributed by atoms with van der Waals surface area (Å²) in [6.07, 6.45) is 1.01. The zero-order chi connectivity index (χ0) is 14.5. The van der Waals surface area contributed by atoms with E-state index in [0.717, 1.165) is 0 Å². The van der Waals surface area contributed by atoms with Gasteiger partial charge in [0.05, 0.1) is 30.7 Å². The SMILES string of the molecule is CC(C)OP(=O)(CC(C#N)c1ccco1)OC(C)C. The van der Waals surface area contributed by atoms with Gasteiger partial charge in [0.15, 0.2) is 0 Å². The maximum atomic E-state index is 12.7. The molecule has 19 heavy (non-hydrogen) atoms. The van der Waals surface area contributed by atoms with Crippen molar-refractivity contribution < 1.29 is 18.0 Å². The summed E-state index contributed by atoms with van der Waals surface area (Å²) in [7, 11) is -3.33. The minimum Gasteiger partial charge on any atom is -0.468 e.